The summed E-state index contributed by atoms with van der Waals surface area (Å²) in [6.07, 6.45) is 2.11. The first-order valence-electron chi connectivity index (χ1n) is 23.0. The van der Waals surface area contributed by atoms with E-state index in [2.05, 4.69) is 223 Å². The maximum atomic E-state index is 4.93. The SMILES string of the molecule is CCc1ccc2[cH-]c(C(C)C)cc2c1-c1cc(C(C)(C)C)cc(C(C)(C)C)c1.CCc1ccc2[cH-]c(C(C)C)cc2c1-c1cc(C(C)(C)C)cc(C(C)(C)C)c1.C[Si]C.[Cl][Zr+2][Cl]. The zero-order valence-corrected chi connectivity index (χ0v) is 47.4. The Morgan fingerprint density at radius 1 is 0.484 bits per heavy atom. The van der Waals surface area contributed by atoms with Crippen molar-refractivity contribution < 1.29 is 20.8 Å². The van der Waals surface area contributed by atoms with Crippen molar-refractivity contribution in [2.24, 2.45) is 0 Å². The normalized spacial score (nSPS) is 12.1. The molecule has 0 aromatic heterocycles. The van der Waals surface area contributed by atoms with Crippen LogP contribution in [0.1, 0.15) is 181 Å². The molecule has 6 rings (SSSR count). The molecule has 2 radical (unpaired) electrons. The maximum absolute atomic E-state index is 4.93. The van der Waals surface area contributed by atoms with Crippen LogP contribution in [-0.4, -0.2) is 9.52 Å². The van der Waals surface area contributed by atoms with Crippen LogP contribution in [0.15, 0.2) is 84.9 Å². The number of benzene rings is 4. The molecule has 0 atom stereocenters. The topological polar surface area (TPSA) is 0 Å². The van der Waals surface area contributed by atoms with E-state index in [-0.39, 0.29) is 21.7 Å². The molecule has 0 unspecified atom stereocenters. The fourth-order valence-electron chi connectivity index (χ4n) is 7.91. The van der Waals surface area contributed by atoms with Gasteiger partial charge in [-0.25, -0.2) is 0 Å². The van der Waals surface area contributed by atoms with Gasteiger partial charge in [0.15, 0.2) is 0 Å². The molecule has 0 spiro atoms. The minimum absolute atomic E-state index is 0.130. The molecule has 0 amide bonds. The summed E-state index contributed by atoms with van der Waals surface area (Å²) in [4.78, 5) is 0. The van der Waals surface area contributed by atoms with Crippen LogP contribution in [0.25, 0.3) is 43.8 Å². The van der Waals surface area contributed by atoms with Gasteiger partial charge in [0.05, 0.1) is 0 Å². The van der Waals surface area contributed by atoms with Crippen molar-refractivity contribution in [3.05, 3.63) is 129 Å². The average Bonchev–Trinajstić information content (AvgIpc) is 3.82. The summed E-state index contributed by atoms with van der Waals surface area (Å²) in [6.45, 7) is 45.8. The molecule has 0 fully saturated rings. The van der Waals surface area contributed by atoms with E-state index in [1.165, 1.54) is 88.3 Å². The van der Waals surface area contributed by atoms with Crippen molar-refractivity contribution in [3.8, 4) is 22.3 Å². The van der Waals surface area contributed by atoms with Gasteiger partial charge in [0.1, 0.15) is 0 Å². The number of hydrogen-bond acceptors (Lipinski definition) is 0. The summed E-state index contributed by atoms with van der Waals surface area (Å²) in [5.74, 6) is 1.10. The summed E-state index contributed by atoms with van der Waals surface area (Å²) in [5.41, 5.74) is 17.6. The summed E-state index contributed by atoms with van der Waals surface area (Å²) in [6, 6.07) is 33.5. The van der Waals surface area contributed by atoms with Gasteiger partial charge in [0, 0.05) is 9.52 Å². The van der Waals surface area contributed by atoms with Crippen LogP contribution in [0, 0.1) is 0 Å². The van der Waals surface area contributed by atoms with Crippen LogP contribution < -0.4 is 0 Å². The van der Waals surface area contributed by atoms with Gasteiger partial charge in [0.25, 0.3) is 0 Å². The van der Waals surface area contributed by atoms with E-state index < -0.39 is 20.8 Å². The summed E-state index contributed by atoms with van der Waals surface area (Å²) in [5, 5.41) is 5.56. The Morgan fingerprint density at radius 3 is 0.952 bits per heavy atom. The molecule has 0 aliphatic rings. The second-order valence-electron chi connectivity index (χ2n) is 22.0. The van der Waals surface area contributed by atoms with Crippen LogP contribution >= 0.6 is 17.0 Å². The first-order valence-corrected chi connectivity index (χ1v) is 31.3. The van der Waals surface area contributed by atoms with Gasteiger partial charge in [0.2, 0.25) is 0 Å². The molecular formula is C58H80Cl2SiZr. The molecule has 6 aromatic carbocycles. The van der Waals surface area contributed by atoms with E-state index in [9.17, 15) is 0 Å². The van der Waals surface area contributed by atoms with Gasteiger partial charge in [-0.3, -0.25) is 0 Å². The molecular weight excluding hydrogens is 887 g/mol. The monoisotopic (exact) mass is 964 g/mol. The van der Waals surface area contributed by atoms with Crippen LogP contribution in [0.2, 0.25) is 13.1 Å². The fourth-order valence-corrected chi connectivity index (χ4v) is 7.91. The zero-order chi connectivity index (χ0) is 47.1. The Morgan fingerprint density at radius 2 is 0.742 bits per heavy atom. The molecule has 0 saturated carbocycles. The molecule has 0 heterocycles. The molecule has 0 nitrogen and oxygen atoms in total. The predicted octanol–water partition coefficient (Wildman–Crippen LogP) is 19.2. The predicted molar refractivity (Wildman–Crippen MR) is 281 cm³/mol. The molecule has 62 heavy (non-hydrogen) atoms. The first kappa shape index (κ1) is 54.1. The fraction of sp³-hybridized carbons (Fsp3) is 0.483. The van der Waals surface area contributed by atoms with E-state index >= 15 is 0 Å². The molecule has 0 aliphatic carbocycles. The minimum atomic E-state index is -0.826. The van der Waals surface area contributed by atoms with Crippen molar-refractivity contribution in [2.45, 2.75) is 184 Å². The van der Waals surface area contributed by atoms with Gasteiger partial charge in [-0.15, -0.1) is 69.1 Å². The van der Waals surface area contributed by atoms with Gasteiger partial charge in [-0.1, -0.05) is 196 Å². The number of halogens is 2. The van der Waals surface area contributed by atoms with E-state index in [1.807, 2.05) is 0 Å². The standard InChI is InChI=1S/2C28H37.C2H6Si.2ClH.Zr/c2*1-10-19-11-12-20-13-21(18(2)3)16-25(20)26(19)22-14-23(27(4,5)6)17-24(15-22)28(7,8)9;1-3-2;;;/h2*11-18H,10H2,1-9H3;1-2H3;2*1H;/q2*-1;;;;+4/p-2. The summed E-state index contributed by atoms with van der Waals surface area (Å²) in [7, 11) is 11.0. The van der Waals surface area contributed by atoms with E-state index in [4.69, 9.17) is 17.0 Å². The Kier molecular flexibility index (Phi) is 19.5. The average molecular weight is 967 g/mol. The molecule has 0 aliphatic heterocycles. The van der Waals surface area contributed by atoms with Gasteiger partial charge >= 0.3 is 37.9 Å². The number of fused-ring (bicyclic) bond motifs is 2. The van der Waals surface area contributed by atoms with Crippen molar-refractivity contribution in [1.82, 2.24) is 0 Å². The van der Waals surface area contributed by atoms with Crippen LogP contribution in [0.3, 0.4) is 0 Å². The summed E-state index contributed by atoms with van der Waals surface area (Å²) < 4.78 is 0. The van der Waals surface area contributed by atoms with E-state index in [1.54, 1.807) is 0 Å². The third-order valence-corrected chi connectivity index (χ3v) is 12.0. The Hall–Kier alpha value is -2.22. The van der Waals surface area contributed by atoms with Crippen LogP contribution in [-0.2, 0) is 55.3 Å². The molecule has 334 valence electrons. The van der Waals surface area contributed by atoms with Crippen molar-refractivity contribution in [2.75, 3.05) is 0 Å². The molecule has 4 heteroatoms. The Labute approximate surface area is 401 Å². The van der Waals surface area contributed by atoms with Crippen LogP contribution in [0.4, 0.5) is 0 Å². The number of rotatable bonds is 6. The zero-order valence-electron chi connectivity index (χ0n) is 42.4. The Balaban J connectivity index is 0.000000293. The second-order valence-corrected chi connectivity index (χ2v) is 26.7. The van der Waals surface area contributed by atoms with Crippen LogP contribution in [0.5, 0.6) is 0 Å². The van der Waals surface area contributed by atoms with E-state index in [0.717, 1.165) is 22.4 Å². The van der Waals surface area contributed by atoms with Crippen molar-refractivity contribution in [1.29, 1.82) is 0 Å². The van der Waals surface area contributed by atoms with E-state index in [0.29, 0.717) is 11.8 Å². The number of hydrogen-bond donors (Lipinski definition) is 0. The number of aryl methyl sites for hydroxylation is 2. The third kappa shape index (κ3) is 13.9. The molecule has 0 bridgehead atoms. The summed E-state index contributed by atoms with van der Waals surface area (Å²) >= 11 is -0.826. The molecule has 6 aromatic rings. The van der Waals surface area contributed by atoms with Gasteiger partial charge < -0.3 is 0 Å². The van der Waals surface area contributed by atoms with Gasteiger partial charge in [-0.05, 0) is 79.7 Å². The van der Waals surface area contributed by atoms with Crippen molar-refractivity contribution >= 4 is 48.1 Å². The van der Waals surface area contributed by atoms with Gasteiger partial charge in [-0.2, -0.15) is 12.1 Å². The Bertz CT molecular complexity index is 2120. The quantitative estimate of drug-likeness (QED) is 0.115. The molecule has 0 saturated heterocycles. The third-order valence-electron chi connectivity index (χ3n) is 12.0. The molecule has 0 N–H and O–H groups in total. The second kappa shape index (κ2) is 22.3. The van der Waals surface area contributed by atoms with Crippen molar-refractivity contribution in [3.63, 3.8) is 0 Å². The first-order chi connectivity index (χ1) is 28.7.